The van der Waals surface area contributed by atoms with Crippen LogP contribution in [0.4, 0.5) is 0 Å². The highest BCUT2D eigenvalue weighted by Gasteiger charge is 2.24. The van der Waals surface area contributed by atoms with Crippen molar-refractivity contribution in [2.24, 2.45) is 11.7 Å². The molecule has 0 radical (unpaired) electrons. The first-order chi connectivity index (χ1) is 11.3. The summed E-state index contributed by atoms with van der Waals surface area (Å²) in [7, 11) is 0. The Hall–Kier alpha value is -2.27. The van der Waals surface area contributed by atoms with Crippen LogP contribution < -0.4 is 5.73 Å². The molecular weight excluding hydrogens is 288 g/mol. The average molecular weight is 308 g/mol. The highest BCUT2D eigenvalue weighted by atomic mass is 16.5. The van der Waals surface area contributed by atoms with Gasteiger partial charge in [-0.1, -0.05) is 42.3 Å². The van der Waals surface area contributed by atoms with Crippen LogP contribution in [0.25, 0.3) is 22.3 Å². The van der Waals surface area contributed by atoms with Crippen molar-refractivity contribution in [3.8, 4) is 11.5 Å². The largest absolute Gasteiger partial charge is 0.339 e. The monoisotopic (exact) mass is 308 g/mol. The molecule has 0 bridgehead atoms. The third-order valence-corrected chi connectivity index (χ3v) is 4.76. The van der Waals surface area contributed by atoms with Gasteiger partial charge in [0.25, 0.3) is 0 Å². The molecule has 1 saturated carbocycles. The van der Waals surface area contributed by atoms with Gasteiger partial charge in [-0.25, -0.2) is 0 Å². The Morgan fingerprint density at radius 3 is 2.91 bits per heavy atom. The van der Waals surface area contributed by atoms with E-state index in [1.807, 2.05) is 24.3 Å². The summed E-state index contributed by atoms with van der Waals surface area (Å²) in [4.78, 5) is 9.01. The van der Waals surface area contributed by atoms with Crippen LogP contribution in [-0.4, -0.2) is 21.2 Å². The molecule has 2 N–H and O–H groups in total. The number of fused-ring (bicyclic) bond motifs is 1. The van der Waals surface area contributed by atoms with E-state index in [0.717, 1.165) is 35.7 Å². The number of hydrogen-bond donors (Lipinski definition) is 1. The second kappa shape index (κ2) is 6.08. The summed E-state index contributed by atoms with van der Waals surface area (Å²) in [5, 5.41) is 6.30. The van der Waals surface area contributed by atoms with E-state index in [1.165, 1.54) is 12.8 Å². The molecule has 1 aliphatic rings. The summed E-state index contributed by atoms with van der Waals surface area (Å²) < 4.78 is 5.46. The summed E-state index contributed by atoms with van der Waals surface area (Å²) in [6.45, 7) is 0. The summed E-state index contributed by atoms with van der Waals surface area (Å²) in [5.74, 6) is 1.66. The van der Waals surface area contributed by atoms with Gasteiger partial charge in [-0.2, -0.15) is 4.98 Å². The molecule has 23 heavy (non-hydrogen) atoms. The first kappa shape index (κ1) is 14.3. The van der Waals surface area contributed by atoms with E-state index in [0.29, 0.717) is 17.6 Å². The minimum atomic E-state index is 0.245. The van der Waals surface area contributed by atoms with Gasteiger partial charge in [0.1, 0.15) is 5.69 Å². The molecule has 5 nitrogen and oxygen atoms in total. The van der Waals surface area contributed by atoms with E-state index < -0.39 is 0 Å². The van der Waals surface area contributed by atoms with Crippen molar-refractivity contribution < 1.29 is 4.52 Å². The summed E-state index contributed by atoms with van der Waals surface area (Å²) in [5.41, 5.74) is 6.99. The third kappa shape index (κ3) is 2.84. The summed E-state index contributed by atoms with van der Waals surface area (Å²) in [6, 6.07) is 10.3. The molecule has 2 atom stereocenters. The van der Waals surface area contributed by atoms with Crippen LogP contribution in [0.5, 0.6) is 0 Å². The average Bonchev–Trinajstić information content (AvgIpc) is 3.05. The molecule has 1 aromatic carbocycles. The minimum Gasteiger partial charge on any atom is -0.339 e. The number of nitrogens with two attached hydrogens (primary N) is 1. The molecule has 1 aliphatic carbocycles. The Morgan fingerprint density at radius 2 is 2.00 bits per heavy atom. The molecule has 3 aromatic rings. The molecule has 1 fully saturated rings. The SMILES string of the molecule is NC1CCCCC1Cc1nc(-c2nccc3ccccc23)no1. The first-order valence-electron chi connectivity index (χ1n) is 8.23. The van der Waals surface area contributed by atoms with Gasteiger partial charge in [-0.3, -0.25) is 4.98 Å². The fraction of sp³-hybridized carbons (Fsp3) is 0.389. The van der Waals surface area contributed by atoms with Crippen molar-refractivity contribution in [1.29, 1.82) is 0 Å². The van der Waals surface area contributed by atoms with Gasteiger partial charge >= 0.3 is 0 Å². The molecular formula is C18H20N4O. The van der Waals surface area contributed by atoms with E-state index in [9.17, 15) is 0 Å². The minimum absolute atomic E-state index is 0.245. The topological polar surface area (TPSA) is 77.8 Å². The van der Waals surface area contributed by atoms with Gasteiger partial charge in [0.2, 0.25) is 11.7 Å². The van der Waals surface area contributed by atoms with Crippen LogP contribution in [-0.2, 0) is 6.42 Å². The van der Waals surface area contributed by atoms with Gasteiger partial charge in [0.05, 0.1) is 0 Å². The molecule has 118 valence electrons. The lowest BCUT2D eigenvalue weighted by atomic mass is 9.83. The number of benzene rings is 1. The Balaban J connectivity index is 1.62. The maximum Gasteiger partial charge on any atom is 0.227 e. The highest BCUT2D eigenvalue weighted by Crippen LogP contribution is 2.28. The smallest absolute Gasteiger partial charge is 0.227 e. The number of rotatable bonds is 3. The number of pyridine rings is 1. The summed E-state index contributed by atoms with van der Waals surface area (Å²) >= 11 is 0. The van der Waals surface area contributed by atoms with E-state index in [-0.39, 0.29) is 6.04 Å². The van der Waals surface area contributed by atoms with Crippen molar-refractivity contribution in [3.63, 3.8) is 0 Å². The predicted molar refractivity (Wildman–Crippen MR) is 88.7 cm³/mol. The maximum atomic E-state index is 6.22. The molecule has 0 aliphatic heterocycles. The van der Waals surface area contributed by atoms with Crippen molar-refractivity contribution in [2.45, 2.75) is 38.1 Å². The quantitative estimate of drug-likeness (QED) is 0.803. The molecule has 2 aromatic heterocycles. The van der Waals surface area contributed by atoms with Gasteiger partial charge in [0, 0.05) is 24.0 Å². The zero-order valence-electron chi connectivity index (χ0n) is 13.0. The Kier molecular flexibility index (Phi) is 3.79. The van der Waals surface area contributed by atoms with Crippen LogP contribution in [0.3, 0.4) is 0 Å². The molecule has 4 rings (SSSR count). The number of nitrogens with zero attached hydrogens (tertiary/aromatic N) is 3. The van der Waals surface area contributed by atoms with Crippen molar-refractivity contribution in [2.75, 3.05) is 0 Å². The normalized spacial score (nSPS) is 21.6. The highest BCUT2D eigenvalue weighted by molar-refractivity contribution is 5.92. The number of hydrogen-bond acceptors (Lipinski definition) is 5. The standard InChI is InChI=1S/C18H20N4O/c19-15-8-4-2-6-13(15)11-16-21-18(22-23-16)17-14-7-3-1-5-12(14)9-10-20-17/h1,3,5,7,9-10,13,15H,2,4,6,8,11,19H2. The molecule has 2 unspecified atom stereocenters. The van der Waals surface area contributed by atoms with E-state index in [2.05, 4.69) is 21.2 Å². The van der Waals surface area contributed by atoms with Crippen molar-refractivity contribution in [3.05, 3.63) is 42.4 Å². The van der Waals surface area contributed by atoms with Crippen LogP contribution in [0.15, 0.2) is 41.1 Å². The van der Waals surface area contributed by atoms with E-state index >= 15 is 0 Å². The Bertz CT molecular complexity index is 808. The second-order valence-corrected chi connectivity index (χ2v) is 6.30. The van der Waals surface area contributed by atoms with Crippen molar-refractivity contribution >= 4 is 10.8 Å². The van der Waals surface area contributed by atoms with Crippen LogP contribution >= 0.6 is 0 Å². The second-order valence-electron chi connectivity index (χ2n) is 6.30. The zero-order valence-corrected chi connectivity index (χ0v) is 13.0. The van der Waals surface area contributed by atoms with Gasteiger partial charge in [0.15, 0.2) is 0 Å². The fourth-order valence-electron chi connectivity index (χ4n) is 3.45. The number of aromatic nitrogens is 3. The van der Waals surface area contributed by atoms with Crippen molar-refractivity contribution in [1.82, 2.24) is 15.1 Å². The Morgan fingerprint density at radius 1 is 1.13 bits per heavy atom. The molecule has 0 spiro atoms. The predicted octanol–water partition coefficient (Wildman–Crippen LogP) is 3.34. The molecule has 0 amide bonds. The molecule has 2 heterocycles. The van der Waals surface area contributed by atoms with E-state index in [4.69, 9.17) is 10.3 Å². The first-order valence-corrected chi connectivity index (χ1v) is 8.23. The Labute approximate surface area is 134 Å². The molecule has 0 saturated heterocycles. The lowest BCUT2D eigenvalue weighted by Gasteiger charge is -2.27. The van der Waals surface area contributed by atoms with Crippen LogP contribution in [0.1, 0.15) is 31.6 Å². The van der Waals surface area contributed by atoms with Crippen LogP contribution in [0, 0.1) is 5.92 Å². The zero-order chi connectivity index (χ0) is 15.6. The van der Waals surface area contributed by atoms with Gasteiger partial charge < -0.3 is 10.3 Å². The fourth-order valence-corrected chi connectivity index (χ4v) is 3.45. The van der Waals surface area contributed by atoms with E-state index in [1.54, 1.807) is 6.20 Å². The summed E-state index contributed by atoms with van der Waals surface area (Å²) in [6.07, 6.45) is 7.25. The third-order valence-electron chi connectivity index (χ3n) is 4.76. The van der Waals surface area contributed by atoms with Crippen LogP contribution in [0.2, 0.25) is 0 Å². The molecule has 5 heteroatoms. The lowest BCUT2D eigenvalue weighted by Crippen LogP contribution is -2.34. The van der Waals surface area contributed by atoms with Gasteiger partial charge in [-0.05, 0) is 30.2 Å². The maximum absolute atomic E-state index is 6.22. The lowest BCUT2D eigenvalue weighted by molar-refractivity contribution is 0.273. The van der Waals surface area contributed by atoms with Gasteiger partial charge in [-0.15, -0.1) is 0 Å².